The number of amides is 1. The number of Topliss-reactive ketones (excluding diaryl/α,β-unsaturated/α-hetero) is 1. The van der Waals surface area contributed by atoms with E-state index in [2.05, 4.69) is 0 Å². The van der Waals surface area contributed by atoms with Crippen molar-refractivity contribution in [1.82, 2.24) is 0 Å². The van der Waals surface area contributed by atoms with Gasteiger partial charge in [0, 0.05) is 16.8 Å². The minimum atomic E-state index is -1.07. The van der Waals surface area contributed by atoms with Gasteiger partial charge in [0.05, 0.1) is 11.6 Å². The summed E-state index contributed by atoms with van der Waals surface area (Å²) in [6.45, 7) is 1.86. The monoisotopic (exact) mass is 387 g/mol. The molecule has 0 radical (unpaired) electrons. The molecule has 1 fully saturated rings. The van der Waals surface area contributed by atoms with Crippen molar-refractivity contribution in [3.63, 3.8) is 0 Å². The highest BCUT2D eigenvalue weighted by atomic mass is 19.1. The van der Waals surface area contributed by atoms with Gasteiger partial charge in [0.25, 0.3) is 11.7 Å². The summed E-state index contributed by atoms with van der Waals surface area (Å²) >= 11 is 0. The molecule has 29 heavy (non-hydrogen) atoms. The molecule has 0 spiro atoms. The second-order valence-corrected chi connectivity index (χ2v) is 6.90. The Morgan fingerprint density at radius 2 is 1.62 bits per heavy atom. The van der Waals surface area contributed by atoms with E-state index in [-0.39, 0.29) is 16.9 Å². The number of rotatable bonds is 3. The molecular formula is C24H18FNO3. The molecule has 4 nitrogen and oxygen atoms in total. The Kier molecular flexibility index (Phi) is 4.72. The number of aliphatic hydroxyl groups is 1. The van der Waals surface area contributed by atoms with Crippen LogP contribution in [0.5, 0.6) is 0 Å². The van der Waals surface area contributed by atoms with Crippen LogP contribution >= 0.6 is 0 Å². The van der Waals surface area contributed by atoms with Crippen LogP contribution in [0.4, 0.5) is 10.1 Å². The van der Waals surface area contributed by atoms with Crippen molar-refractivity contribution in [3.8, 4) is 0 Å². The zero-order valence-electron chi connectivity index (χ0n) is 15.7. The number of carbonyl (C=O) groups excluding carboxylic acids is 2. The van der Waals surface area contributed by atoms with Gasteiger partial charge < -0.3 is 5.11 Å². The number of benzene rings is 3. The zero-order valence-corrected chi connectivity index (χ0v) is 15.7. The molecule has 144 valence electrons. The Morgan fingerprint density at radius 1 is 0.931 bits per heavy atom. The summed E-state index contributed by atoms with van der Waals surface area (Å²) in [4.78, 5) is 27.2. The van der Waals surface area contributed by atoms with Crippen molar-refractivity contribution in [2.75, 3.05) is 4.90 Å². The minimum absolute atomic E-state index is 0.132. The summed E-state index contributed by atoms with van der Waals surface area (Å²) < 4.78 is 14.7. The Morgan fingerprint density at radius 3 is 2.31 bits per heavy atom. The van der Waals surface area contributed by atoms with Crippen LogP contribution in [0.25, 0.3) is 5.76 Å². The first-order chi connectivity index (χ1) is 14.0. The Labute approximate surface area is 167 Å². The second kappa shape index (κ2) is 7.36. The maximum Gasteiger partial charge on any atom is 0.300 e. The third-order valence-corrected chi connectivity index (χ3v) is 4.97. The number of carbonyl (C=O) groups is 2. The zero-order chi connectivity index (χ0) is 20.5. The molecule has 1 heterocycles. The largest absolute Gasteiger partial charge is 0.507 e. The molecule has 1 atom stereocenters. The van der Waals surface area contributed by atoms with E-state index in [0.29, 0.717) is 11.3 Å². The number of hydrogen-bond acceptors (Lipinski definition) is 3. The van der Waals surface area contributed by atoms with Crippen LogP contribution in [0.15, 0.2) is 84.4 Å². The molecule has 0 saturated carbocycles. The lowest BCUT2D eigenvalue weighted by Gasteiger charge is -2.26. The smallest absolute Gasteiger partial charge is 0.300 e. The standard InChI is InChI=1S/C24H18FNO3/c1-15-8-7-11-17(14-15)26-21(18-12-5-6-13-19(18)25)20(23(28)24(26)29)22(27)16-9-3-2-4-10-16/h2-14,21,27H,1H3/b22-20-. The highest BCUT2D eigenvalue weighted by Crippen LogP contribution is 2.42. The first kappa shape index (κ1) is 18.6. The summed E-state index contributed by atoms with van der Waals surface area (Å²) in [5.74, 6) is -2.54. The average Bonchev–Trinajstić information content (AvgIpc) is 2.99. The van der Waals surface area contributed by atoms with E-state index < -0.39 is 23.5 Å². The molecule has 1 amide bonds. The second-order valence-electron chi connectivity index (χ2n) is 6.90. The van der Waals surface area contributed by atoms with Crippen LogP contribution in [0.2, 0.25) is 0 Å². The summed E-state index contributed by atoms with van der Waals surface area (Å²) in [6.07, 6.45) is 0. The maximum absolute atomic E-state index is 14.7. The Bertz CT molecular complexity index is 1140. The lowest BCUT2D eigenvalue weighted by Crippen LogP contribution is -2.29. The minimum Gasteiger partial charge on any atom is -0.507 e. The van der Waals surface area contributed by atoms with Gasteiger partial charge in [-0.25, -0.2) is 4.39 Å². The lowest BCUT2D eigenvalue weighted by molar-refractivity contribution is -0.132. The molecule has 1 unspecified atom stereocenters. The molecule has 1 aliphatic rings. The number of nitrogens with zero attached hydrogens (tertiary/aromatic N) is 1. The van der Waals surface area contributed by atoms with Gasteiger partial charge in [-0.1, -0.05) is 60.7 Å². The SMILES string of the molecule is Cc1cccc(N2C(=O)C(=O)/C(=C(\O)c3ccccc3)C2c2ccccc2F)c1. The van der Waals surface area contributed by atoms with Crippen molar-refractivity contribution in [2.24, 2.45) is 0 Å². The van der Waals surface area contributed by atoms with Crippen LogP contribution in [0.1, 0.15) is 22.7 Å². The number of aliphatic hydroxyl groups excluding tert-OH is 1. The molecule has 1 aliphatic heterocycles. The Hall–Kier alpha value is -3.73. The van der Waals surface area contributed by atoms with E-state index >= 15 is 0 Å². The molecule has 3 aromatic carbocycles. The Balaban J connectivity index is 1.99. The lowest BCUT2D eigenvalue weighted by atomic mass is 9.94. The molecular weight excluding hydrogens is 369 g/mol. The average molecular weight is 387 g/mol. The van der Waals surface area contributed by atoms with Crippen LogP contribution in [0.3, 0.4) is 0 Å². The number of halogens is 1. The quantitative estimate of drug-likeness (QED) is 0.400. The topological polar surface area (TPSA) is 57.6 Å². The normalized spacial score (nSPS) is 18.3. The van der Waals surface area contributed by atoms with Crippen molar-refractivity contribution >= 4 is 23.1 Å². The van der Waals surface area contributed by atoms with E-state index in [1.54, 1.807) is 54.6 Å². The van der Waals surface area contributed by atoms with Gasteiger partial charge in [0.2, 0.25) is 0 Å². The van der Waals surface area contributed by atoms with Crippen LogP contribution in [-0.2, 0) is 9.59 Å². The number of anilines is 1. The summed E-state index contributed by atoms with van der Waals surface area (Å²) in [7, 11) is 0. The number of ketones is 1. The van der Waals surface area contributed by atoms with Gasteiger partial charge in [0.1, 0.15) is 11.6 Å². The fraction of sp³-hybridized carbons (Fsp3) is 0.0833. The van der Waals surface area contributed by atoms with Crippen LogP contribution in [-0.4, -0.2) is 16.8 Å². The van der Waals surface area contributed by atoms with Gasteiger partial charge in [-0.3, -0.25) is 14.5 Å². The molecule has 0 aliphatic carbocycles. The number of aryl methyl sites for hydroxylation is 1. The maximum atomic E-state index is 14.7. The highest BCUT2D eigenvalue weighted by molar-refractivity contribution is 6.51. The fourth-order valence-electron chi connectivity index (χ4n) is 3.62. The van der Waals surface area contributed by atoms with Crippen molar-refractivity contribution in [3.05, 3.63) is 107 Å². The molecule has 3 aromatic rings. The molecule has 1 saturated heterocycles. The molecule has 5 heteroatoms. The van der Waals surface area contributed by atoms with Crippen molar-refractivity contribution < 1.29 is 19.1 Å². The van der Waals surface area contributed by atoms with Gasteiger partial charge in [0.15, 0.2) is 0 Å². The van der Waals surface area contributed by atoms with Crippen LogP contribution in [0, 0.1) is 12.7 Å². The molecule has 1 N–H and O–H groups in total. The first-order valence-electron chi connectivity index (χ1n) is 9.16. The fourth-order valence-corrected chi connectivity index (χ4v) is 3.62. The summed E-state index contributed by atoms with van der Waals surface area (Å²) in [6, 6.07) is 20.4. The van der Waals surface area contributed by atoms with Gasteiger partial charge in [-0.15, -0.1) is 0 Å². The molecule has 4 rings (SSSR count). The number of hydrogen-bond donors (Lipinski definition) is 1. The van der Waals surface area contributed by atoms with Crippen molar-refractivity contribution in [2.45, 2.75) is 13.0 Å². The van der Waals surface area contributed by atoms with E-state index in [0.717, 1.165) is 5.56 Å². The van der Waals surface area contributed by atoms with Crippen molar-refractivity contribution in [1.29, 1.82) is 0 Å². The van der Waals surface area contributed by atoms with E-state index in [1.165, 1.54) is 23.1 Å². The summed E-state index contributed by atoms with van der Waals surface area (Å²) in [5, 5.41) is 10.9. The third kappa shape index (κ3) is 3.21. The van der Waals surface area contributed by atoms with E-state index in [9.17, 15) is 19.1 Å². The van der Waals surface area contributed by atoms with Gasteiger partial charge in [-0.05, 0) is 30.7 Å². The van der Waals surface area contributed by atoms with Gasteiger partial charge in [-0.2, -0.15) is 0 Å². The van der Waals surface area contributed by atoms with E-state index in [4.69, 9.17) is 0 Å². The first-order valence-corrected chi connectivity index (χ1v) is 9.16. The predicted molar refractivity (Wildman–Crippen MR) is 109 cm³/mol. The highest BCUT2D eigenvalue weighted by Gasteiger charge is 2.47. The molecule has 0 aromatic heterocycles. The third-order valence-electron chi connectivity index (χ3n) is 4.97. The van der Waals surface area contributed by atoms with Gasteiger partial charge >= 0.3 is 0 Å². The summed E-state index contributed by atoms with van der Waals surface area (Å²) in [5.41, 5.74) is 1.75. The predicted octanol–water partition coefficient (Wildman–Crippen LogP) is 4.76. The van der Waals surface area contributed by atoms with E-state index in [1.807, 2.05) is 13.0 Å². The molecule has 0 bridgehead atoms. The van der Waals surface area contributed by atoms with Crippen LogP contribution < -0.4 is 4.90 Å².